The summed E-state index contributed by atoms with van der Waals surface area (Å²) in [5, 5.41) is 20.1. The van der Waals surface area contributed by atoms with Crippen molar-refractivity contribution >= 4 is 17.8 Å². The van der Waals surface area contributed by atoms with Gasteiger partial charge in [-0.2, -0.15) is 0 Å². The summed E-state index contributed by atoms with van der Waals surface area (Å²) < 4.78 is 0. The fraction of sp³-hybridized carbons (Fsp3) is 0.0667. The first-order valence-corrected chi connectivity index (χ1v) is 5.78. The third kappa shape index (κ3) is 3.19. The summed E-state index contributed by atoms with van der Waals surface area (Å²) in [7, 11) is 0. The van der Waals surface area contributed by atoms with Gasteiger partial charge in [-0.05, 0) is 24.1 Å². The van der Waals surface area contributed by atoms with E-state index in [4.69, 9.17) is 0 Å². The molecule has 0 spiro atoms. The molecule has 0 amide bonds. The lowest BCUT2D eigenvalue weighted by Crippen LogP contribution is -1.88. The number of hydrogen-bond donors (Lipinski definition) is 1. The van der Waals surface area contributed by atoms with Gasteiger partial charge in [-0.1, -0.05) is 48.0 Å². The Hall–Kier alpha value is -2.62. The molecule has 0 aliphatic heterocycles. The van der Waals surface area contributed by atoms with Crippen LogP contribution in [0.4, 0.5) is 5.69 Å². The summed E-state index contributed by atoms with van der Waals surface area (Å²) in [4.78, 5) is 10.1. The lowest BCUT2D eigenvalue weighted by atomic mass is 10.1. The van der Waals surface area contributed by atoms with Crippen molar-refractivity contribution in [2.45, 2.75) is 6.92 Å². The molecule has 2 aromatic rings. The van der Waals surface area contributed by atoms with Crippen molar-refractivity contribution in [2.24, 2.45) is 0 Å². The standard InChI is InChI=1S/C15H13NO3/c1-11-3-2-4-12(9-11)5-6-13-7-8-15(17)14(10-13)16(18)19/h2-10,17H,1H3/b6-5+. The van der Waals surface area contributed by atoms with Gasteiger partial charge in [0.15, 0.2) is 5.75 Å². The van der Waals surface area contributed by atoms with Crippen molar-refractivity contribution in [3.63, 3.8) is 0 Å². The molecule has 0 saturated heterocycles. The van der Waals surface area contributed by atoms with E-state index < -0.39 is 4.92 Å². The Morgan fingerprint density at radius 2 is 1.79 bits per heavy atom. The van der Waals surface area contributed by atoms with Gasteiger partial charge in [0.1, 0.15) is 0 Å². The SMILES string of the molecule is Cc1cccc(/C=C/c2ccc(O)c([N+](=O)[O-])c2)c1. The zero-order valence-corrected chi connectivity index (χ0v) is 10.4. The van der Waals surface area contributed by atoms with E-state index in [1.54, 1.807) is 12.1 Å². The molecule has 0 fully saturated rings. The summed E-state index contributed by atoms with van der Waals surface area (Å²) in [5.41, 5.74) is 2.56. The maximum atomic E-state index is 10.7. The Balaban J connectivity index is 2.29. The lowest BCUT2D eigenvalue weighted by molar-refractivity contribution is -0.385. The Bertz CT molecular complexity index is 648. The van der Waals surface area contributed by atoms with Gasteiger partial charge in [0.25, 0.3) is 0 Å². The molecule has 0 saturated carbocycles. The smallest absolute Gasteiger partial charge is 0.311 e. The van der Waals surface area contributed by atoms with E-state index in [0.717, 1.165) is 11.1 Å². The highest BCUT2D eigenvalue weighted by molar-refractivity contribution is 5.71. The topological polar surface area (TPSA) is 63.4 Å². The fourth-order valence-corrected chi connectivity index (χ4v) is 1.76. The number of rotatable bonds is 3. The number of nitrogens with zero attached hydrogens (tertiary/aromatic N) is 1. The second kappa shape index (κ2) is 5.35. The molecule has 1 N–H and O–H groups in total. The number of aryl methyl sites for hydroxylation is 1. The molecule has 4 heteroatoms. The van der Waals surface area contributed by atoms with Gasteiger partial charge in [0.2, 0.25) is 0 Å². The predicted molar refractivity (Wildman–Crippen MR) is 74.9 cm³/mol. The quantitative estimate of drug-likeness (QED) is 0.515. The molecule has 0 aliphatic carbocycles. The van der Waals surface area contributed by atoms with Gasteiger partial charge >= 0.3 is 5.69 Å². The van der Waals surface area contributed by atoms with E-state index in [9.17, 15) is 15.2 Å². The molecule has 0 aromatic heterocycles. The molecule has 96 valence electrons. The summed E-state index contributed by atoms with van der Waals surface area (Å²) >= 11 is 0. The second-order valence-electron chi connectivity index (χ2n) is 4.25. The number of aromatic hydroxyl groups is 1. The number of hydrogen-bond acceptors (Lipinski definition) is 3. The minimum Gasteiger partial charge on any atom is -0.502 e. The maximum absolute atomic E-state index is 10.7. The molecule has 0 unspecified atom stereocenters. The minimum absolute atomic E-state index is 0.286. The van der Waals surface area contributed by atoms with Crippen LogP contribution in [0.25, 0.3) is 12.2 Å². The summed E-state index contributed by atoms with van der Waals surface area (Å²) in [6.07, 6.45) is 3.66. The highest BCUT2D eigenvalue weighted by atomic mass is 16.6. The lowest BCUT2D eigenvalue weighted by Gasteiger charge is -1.98. The number of nitro groups is 1. The summed E-state index contributed by atoms with van der Waals surface area (Å²) in [6, 6.07) is 12.2. The van der Waals surface area contributed by atoms with Crippen LogP contribution in [0.3, 0.4) is 0 Å². The number of phenolic OH excluding ortho intramolecular Hbond substituents is 1. The van der Waals surface area contributed by atoms with Crippen LogP contribution in [-0.4, -0.2) is 10.0 Å². The van der Waals surface area contributed by atoms with Gasteiger partial charge in [-0.15, -0.1) is 0 Å². The van der Waals surface area contributed by atoms with Crippen molar-refractivity contribution < 1.29 is 10.0 Å². The van der Waals surface area contributed by atoms with Crippen molar-refractivity contribution in [1.82, 2.24) is 0 Å². The molecule has 0 aliphatic rings. The Morgan fingerprint density at radius 3 is 2.42 bits per heavy atom. The molecule has 0 radical (unpaired) electrons. The Morgan fingerprint density at radius 1 is 1.11 bits per heavy atom. The zero-order valence-electron chi connectivity index (χ0n) is 10.4. The maximum Gasteiger partial charge on any atom is 0.311 e. The summed E-state index contributed by atoms with van der Waals surface area (Å²) in [6.45, 7) is 2.00. The number of benzene rings is 2. The van der Waals surface area contributed by atoms with E-state index in [0.29, 0.717) is 5.56 Å². The van der Waals surface area contributed by atoms with Crippen LogP contribution in [0, 0.1) is 17.0 Å². The predicted octanol–water partition coefficient (Wildman–Crippen LogP) is 3.78. The van der Waals surface area contributed by atoms with Gasteiger partial charge in [0.05, 0.1) is 4.92 Å². The molecular weight excluding hydrogens is 242 g/mol. The third-order valence-corrected chi connectivity index (χ3v) is 2.71. The largest absolute Gasteiger partial charge is 0.502 e. The first-order valence-electron chi connectivity index (χ1n) is 5.78. The average molecular weight is 255 g/mol. The first-order chi connectivity index (χ1) is 9.06. The fourth-order valence-electron chi connectivity index (χ4n) is 1.76. The Labute approximate surface area is 110 Å². The van der Waals surface area contributed by atoms with Crippen LogP contribution in [0.15, 0.2) is 42.5 Å². The van der Waals surface area contributed by atoms with Crippen molar-refractivity contribution in [2.75, 3.05) is 0 Å². The summed E-state index contributed by atoms with van der Waals surface area (Å²) in [5.74, 6) is -0.322. The van der Waals surface area contributed by atoms with Crippen LogP contribution < -0.4 is 0 Å². The Kier molecular flexibility index (Phi) is 3.61. The van der Waals surface area contributed by atoms with Gasteiger partial charge in [0, 0.05) is 6.07 Å². The molecule has 0 bridgehead atoms. The van der Waals surface area contributed by atoms with Crippen LogP contribution >= 0.6 is 0 Å². The number of phenols is 1. The van der Waals surface area contributed by atoms with E-state index in [1.807, 2.05) is 37.3 Å². The van der Waals surface area contributed by atoms with E-state index in [2.05, 4.69) is 0 Å². The molecule has 4 nitrogen and oxygen atoms in total. The van der Waals surface area contributed by atoms with Crippen LogP contribution in [0.2, 0.25) is 0 Å². The van der Waals surface area contributed by atoms with Crippen molar-refractivity contribution in [3.8, 4) is 5.75 Å². The van der Waals surface area contributed by atoms with E-state index in [-0.39, 0.29) is 11.4 Å². The molecule has 0 heterocycles. The van der Waals surface area contributed by atoms with Gasteiger partial charge < -0.3 is 5.11 Å². The average Bonchev–Trinajstić information content (AvgIpc) is 2.37. The van der Waals surface area contributed by atoms with Crippen molar-refractivity contribution in [3.05, 3.63) is 69.3 Å². The monoisotopic (exact) mass is 255 g/mol. The van der Waals surface area contributed by atoms with Crippen LogP contribution in [0.1, 0.15) is 16.7 Å². The zero-order chi connectivity index (χ0) is 13.8. The highest BCUT2D eigenvalue weighted by Gasteiger charge is 2.12. The first kappa shape index (κ1) is 12.8. The van der Waals surface area contributed by atoms with E-state index in [1.165, 1.54) is 12.1 Å². The normalized spacial score (nSPS) is 10.8. The molecule has 2 aromatic carbocycles. The molecule has 19 heavy (non-hydrogen) atoms. The number of nitro benzene ring substituents is 1. The minimum atomic E-state index is -0.598. The molecular formula is C15H13NO3. The second-order valence-corrected chi connectivity index (χ2v) is 4.25. The third-order valence-electron chi connectivity index (χ3n) is 2.71. The molecule has 2 rings (SSSR count). The van der Waals surface area contributed by atoms with E-state index >= 15 is 0 Å². The highest BCUT2D eigenvalue weighted by Crippen LogP contribution is 2.27. The molecule has 0 atom stereocenters. The van der Waals surface area contributed by atoms with Gasteiger partial charge in [-0.3, -0.25) is 10.1 Å². The van der Waals surface area contributed by atoms with Gasteiger partial charge in [-0.25, -0.2) is 0 Å². The van der Waals surface area contributed by atoms with Crippen LogP contribution in [-0.2, 0) is 0 Å². The van der Waals surface area contributed by atoms with Crippen molar-refractivity contribution in [1.29, 1.82) is 0 Å². The van der Waals surface area contributed by atoms with Crippen LogP contribution in [0.5, 0.6) is 5.75 Å².